The minimum atomic E-state index is -0.785. The summed E-state index contributed by atoms with van der Waals surface area (Å²) in [5.74, 6) is -0.626. The van der Waals surface area contributed by atoms with Crippen LogP contribution in [0, 0.1) is 0 Å². The second-order valence-corrected chi connectivity index (χ2v) is 13.7. The molecule has 0 unspecified atom stereocenters. The van der Waals surface area contributed by atoms with Crippen LogP contribution in [0.1, 0.15) is 194 Å². The van der Waals surface area contributed by atoms with E-state index in [1.54, 1.807) is 0 Å². The third-order valence-electron chi connectivity index (χ3n) is 8.83. The van der Waals surface area contributed by atoms with Gasteiger partial charge < -0.3 is 14.6 Å². The van der Waals surface area contributed by atoms with Gasteiger partial charge in [0.15, 0.2) is 6.10 Å². The molecule has 50 heavy (non-hydrogen) atoms. The highest BCUT2D eigenvalue weighted by molar-refractivity contribution is 5.70. The maximum Gasteiger partial charge on any atom is 0.306 e. The Balaban J connectivity index is 3.61. The zero-order valence-electron chi connectivity index (χ0n) is 32.6. The van der Waals surface area contributed by atoms with Gasteiger partial charge in [-0.2, -0.15) is 0 Å². The maximum atomic E-state index is 12.2. The maximum absolute atomic E-state index is 12.2. The van der Waals surface area contributed by atoms with Gasteiger partial charge in [-0.1, -0.05) is 184 Å². The summed E-state index contributed by atoms with van der Waals surface area (Å²) < 4.78 is 10.6. The average molecular weight is 699 g/mol. The smallest absolute Gasteiger partial charge is 0.306 e. The number of allylic oxidation sites excluding steroid dienone is 10. The van der Waals surface area contributed by atoms with Crippen LogP contribution in [0.4, 0.5) is 0 Å². The van der Waals surface area contributed by atoms with E-state index in [1.807, 2.05) is 0 Å². The highest BCUT2D eigenvalue weighted by atomic mass is 16.6. The first-order valence-corrected chi connectivity index (χ1v) is 20.8. The van der Waals surface area contributed by atoms with Crippen LogP contribution >= 0.6 is 0 Å². The molecule has 5 heteroatoms. The lowest BCUT2D eigenvalue weighted by Gasteiger charge is -2.15. The largest absolute Gasteiger partial charge is 0.462 e. The van der Waals surface area contributed by atoms with E-state index in [9.17, 15) is 14.7 Å². The molecular formula is C45H78O5. The van der Waals surface area contributed by atoms with E-state index in [0.29, 0.717) is 12.8 Å². The topological polar surface area (TPSA) is 72.8 Å². The summed E-state index contributed by atoms with van der Waals surface area (Å²) in [6.45, 7) is 4.00. The van der Waals surface area contributed by atoms with Crippen molar-refractivity contribution in [3.8, 4) is 0 Å². The molecule has 0 aliphatic rings. The second-order valence-electron chi connectivity index (χ2n) is 13.7. The lowest BCUT2D eigenvalue weighted by atomic mass is 10.0. The number of aliphatic hydroxyl groups is 1. The highest BCUT2D eigenvalue weighted by Crippen LogP contribution is 2.15. The molecule has 5 nitrogen and oxygen atoms in total. The number of rotatable bonds is 37. The molecule has 1 atom stereocenters. The molecule has 0 amide bonds. The molecule has 0 radical (unpaired) electrons. The van der Waals surface area contributed by atoms with Gasteiger partial charge in [0.1, 0.15) is 6.61 Å². The Labute approximate surface area is 309 Å². The Kier molecular flexibility index (Phi) is 39.1. The summed E-state index contributed by atoms with van der Waals surface area (Å²) in [4.78, 5) is 24.3. The van der Waals surface area contributed by atoms with Gasteiger partial charge >= 0.3 is 11.9 Å². The van der Waals surface area contributed by atoms with Crippen molar-refractivity contribution in [3.63, 3.8) is 0 Å². The molecule has 288 valence electrons. The molecule has 0 bridgehead atoms. The van der Waals surface area contributed by atoms with Crippen molar-refractivity contribution < 1.29 is 24.2 Å². The summed E-state index contributed by atoms with van der Waals surface area (Å²) >= 11 is 0. The molecule has 0 spiro atoms. The van der Waals surface area contributed by atoms with Gasteiger partial charge in [-0.3, -0.25) is 9.59 Å². The first-order valence-electron chi connectivity index (χ1n) is 20.8. The van der Waals surface area contributed by atoms with Gasteiger partial charge in [0.2, 0.25) is 0 Å². The van der Waals surface area contributed by atoms with E-state index in [0.717, 1.165) is 77.0 Å². The Bertz CT molecular complexity index is 884. The average Bonchev–Trinajstić information content (AvgIpc) is 3.12. The van der Waals surface area contributed by atoms with Gasteiger partial charge in [0.05, 0.1) is 6.61 Å². The van der Waals surface area contributed by atoms with Crippen molar-refractivity contribution in [3.05, 3.63) is 60.8 Å². The van der Waals surface area contributed by atoms with Gasteiger partial charge in [-0.15, -0.1) is 0 Å². The number of esters is 2. The minimum Gasteiger partial charge on any atom is -0.462 e. The Morgan fingerprint density at radius 1 is 0.480 bits per heavy atom. The summed E-state index contributed by atoms with van der Waals surface area (Å²) in [5.41, 5.74) is 0. The molecule has 0 saturated heterocycles. The van der Waals surface area contributed by atoms with Crippen molar-refractivity contribution in [2.45, 2.75) is 200 Å². The quantitative estimate of drug-likeness (QED) is 0.0397. The molecule has 0 fully saturated rings. The Hall–Kier alpha value is -2.40. The van der Waals surface area contributed by atoms with E-state index in [2.05, 4.69) is 74.6 Å². The van der Waals surface area contributed by atoms with E-state index in [1.165, 1.54) is 89.9 Å². The predicted molar refractivity (Wildman–Crippen MR) is 214 cm³/mol. The van der Waals surface area contributed by atoms with E-state index in [-0.39, 0.29) is 25.2 Å². The first-order chi connectivity index (χ1) is 24.6. The normalized spacial score (nSPS) is 12.8. The molecule has 0 aromatic rings. The number of unbranched alkanes of at least 4 members (excludes halogenated alkanes) is 19. The lowest BCUT2D eigenvalue weighted by molar-refractivity contribution is -0.161. The monoisotopic (exact) mass is 699 g/mol. The fourth-order valence-corrected chi connectivity index (χ4v) is 5.70. The van der Waals surface area contributed by atoms with Crippen LogP contribution in [0.25, 0.3) is 0 Å². The summed E-state index contributed by atoms with van der Waals surface area (Å²) in [6.07, 6.45) is 52.8. The predicted octanol–water partition coefficient (Wildman–Crippen LogP) is 13.2. The van der Waals surface area contributed by atoms with Gasteiger partial charge in [-0.25, -0.2) is 0 Å². The van der Waals surface area contributed by atoms with Crippen LogP contribution in [-0.4, -0.2) is 36.4 Å². The van der Waals surface area contributed by atoms with Crippen LogP contribution in [0.15, 0.2) is 60.8 Å². The Morgan fingerprint density at radius 2 is 0.860 bits per heavy atom. The minimum absolute atomic E-state index is 0.0832. The fourth-order valence-electron chi connectivity index (χ4n) is 5.70. The fraction of sp³-hybridized carbons (Fsp3) is 0.733. The van der Waals surface area contributed by atoms with Crippen LogP contribution in [0.5, 0.6) is 0 Å². The second kappa shape index (κ2) is 41.0. The van der Waals surface area contributed by atoms with Gasteiger partial charge in [0, 0.05) is 12.8 Å². The van der Waals surface area contributed by atoms with E-state index in [4.69, 9.17) is 9.47 Å². The van der Waals surface area contributed by atoms with Crippen LogP contribution < -0.4 is 0 Å². The standard InChI is InChI=1S/C45H78O5/c1-3-5-7-9-11-13-15-17-19-21-22-24-25-27-29-31-33-35-37-39-44(47)49-42-43(41-46)50-45(48)40-38-36-34-32-30-28-26-23-20-18-16-14-12-10-8-6-4-2/h5,7,11,13,17,19,22,24,27,29,43,46H,3-4,6,8-10,12,14-16,18,20-21,23,25-26,28,30-42H2,1-2H3/b7-5-,13-11-,19-17-,24-22-,29-27-/t43-/m0/s1. The number of hydrogen-bond acceptors (Lipinski definition) is 5. The van der Waals surface area contributed by atoms with Crippen LogP contribution in [-0.2, 0) is 19.1 Å². The van der Waals surface area contributed by atoms with Crippen LogP contribution in [0.3, 0.4) is 0 Å². The van der Waals surface area contributed by atoms with Gasteiger partial charge in [0.25, 0.3) is 0 Å². The molecule has 0 aromatic carbocycles. The molecular weight excluding hydrogens is 620 g/mol. The molecule has 0 rings (SSSR count). The highest BCUT2D eigenvalue weighted by Gasteiger charge is 2.16. The number of aliphatic hydroxyl groups excluding tert-OH is 1. The molecule has 0 heterocycles. The number of ether oxygens (including phenoxy) is 2. The summed E-state index contributed by atoms with van der Waals surface area (Å²) in [6, 6.07) is 0. The molecule has 0 aliphatic carbocycles. The number of carbonyl (C=O) groups is 2. The molecule has 0 aromatic heterocycles. The third-order valence-corrected chi connectivity index (χ3v) is 8.83. The first kappa shape index (κ1) is 47.6. The SMILES string of the molecule is CC/C=C\C/C=C\C/C=C\C/C=C\C/C=C\CCCCCC(=O)OC[C@H](CO)OC(=O)CCCCCCCCCCCCCCCCCCC. The molecule has 0 saturated carbocycles. The lowest BCUT2D eigenvalue weighted by Crippen LogP contribution is -2.28. The van der Waals surface area contributed by atoms with E-state index < -0.39 is 6.10 Å². The number of carbonyl (C=O) groups excluding carboxylic acids is 2. The van der Waals surface area contributed by atoms with Crippen molar-refractivity contribution in [1.82, 2.24) is 0 Å². The van der Waals surface area contributed by atoms with Crippen molar-refractivity contribution in [1.29, 1.82) is 0 Å². The Morgan fingerprint density at radius 3 is 1.30 bits per heavy atom. The zero-order chi connectivity index (χ0) is 36.4. The molecule has 1 N–H and O–H groups in total. The van der Waals surface area contributed by atoms with Crippen molar-refractivity contribution in [2.75, 3.05) is 13.2 Å². The third kappa shape index (κ3) is 38.4. The summed E-state index contributed by atoms with van der Waals surface area (Å²) in [7, 11) is 0. The zero-order valence-corrected chi connectivity index (χ0v) is 32.6. The van der Waals surface area contributed by atoms with Gasteiger partial charge in [-0.05, 0) is 57.8 Å². The van der Waals surface area contributed by atoms with E-state index >= 15 is 0 Å². The van der Waals surface area contributed by atoms with Crippen LogP contribution in [0.2, 0.25) is 0 Å². The van der Waals surface area contributed by atoms with Crippen molar-refractivity contribution >= 4 is 11.9 Å². The molecule has 0 aliphatic heterocycles. The number of hydrogen-bond donors (Lipinski definition) is 1. The summed E-state index contributed by atoms with van der Waals surface area (Å²) in [5, 5.41) is 9.57. The van der Waals surface area contributed by atoms with Crippen molar-refractivity contribution in [2.24, 2.45) is 0 Å².